The van der Waals surface area contributed by atoms with Crippen LogP contribution < -0.4 is 4.74 Å². The van der Waals surface area contributed by atoms with Crippen LogP contribution in [-0.2, 0) is 30.1 Å². The molecule has 8 heteroatoms. The molecule has 1 rings (SSSR count). The van der Waals surface area contributed by atoms with Gasteiger partial charge >= 0.3 is 0 Å². The van der Waals surface area contributed by atoms with Crippen LogP contribution in [0.4, 0.5) is 0 Å². The highest BCUT2D eigenvalue weighted by Crippen LogP contribution is 2.20. The van der Waals surface area contributed by atoms with Gasteiger partial charge in [0.25, 0.3) is 0 Å². The van der Waals surface area contributed by atoms with Crippen LogP contribution in [0.3, 0.4) is 0 Å². The SMILES string of the molecule is CCc1cc(OCCOCCOCCOCCOCCOC)ncc1Br. The summed E-state index contributed by atoms with van der Waals surface area (Å²) in [6, 6.07) is 1.94. The molecule has 0 saturated heterocycles. The molecule has 0 atom stereocenters. The zero-order valence-electron chi connectivity index (χ0n) is 15.7. The molecular formula is C18H30BrNO6. The summed E-state index contributed by atoms with van der Waals surface area (Å²) in [7, 11) is 1.65. The molecule has 0 aliphatic rings. The van der Waals surface area contributed by atoms with Gasteiger partial charge in [0.2, 0.25) is 5.88 Å². The zero-order valence-corrected chi connectivity index (χ0v) is 17.3. The van der Waals surface area contributed by atoms with E-state index in [4.69, 9.17) is 28.4 Å². The molecule has 1 aromatic heterocycles. The number of halogens is 1. The molecule has 1 aromatic rings. The average molecular weight is 436 g/mol. The zero-order chi connectivity index (χ0) is 18.9. The Bertz CT molecular complexity index is 463. The molecule has 7 nitrogen and oxygen atoms in total. The number of aryl methyl sites for hydroxylation is 1. The summed E-state index contributed by atoms with van der Waals surface area (Å²) in [5, 5.41) is 0. The summed E-state index contributed by atoms with van der Waals surface area (Å²) >= 11 is 3.46. The van der Waals surface area contributed by atoms with E-state index in [1.54, 1.807) is 13.3 Å². The number of pyridine rings is 1. The van der Waals surface area contributed by atoms with Gasteiger partial charge < -0.3 is 28.4 Å². The monoisotopic (exact) mass is 435 g/mol. The second-order valence-corrected chi connectivity index (χ2v) is 6.11. The third-order valence-electron chi connectivity index (χ3n) is 3.32. The minimum atomic E-state index is 0.462. The maximum absolute atomic E-state index is 5.57. The van der Waals surface area contributed by atoms with Crippen LogP contribution in [0.1, 0.15) is 12.5 Å². The van der Waals surface area contributed by atoms with Crippen molar-refractivity contribution in [3.8, 4) is 5.88 Å². The van der Waals surface area contributed by atoms with E-state index in [1.807, 2.05) is 6.07 Å². The molecule has 0 amide bonds. The van der Waals surface area contributed by atoms with E-state index < -0.39 is 0 Å². The first-order valence-corrected chi connectivity index (χ1v) is 9.64. The van der Waals surface area contributed by atoms with E-state index in [0.29, 0.717) is 71.9 Å². The molecule has 0 fully saturated rings. The lowest BCUT2D eigenvalue weighted by Crippen LogP contribution is -2.14. The third kappa shape index (κ3) is 11.8. The van der Waals surface area contributed by atoms with Crippen LogP contribution in [0.15, 0.2) is 16.7 Å². The van der Waals surface area contributed by atoms with Gasteiger partial charge in [-0.15, -0.1) is 0 Å². The number of aromatic nitrogens is 1. The van der Waals surface area contributed by atoms with Gasteiger partial charge in [-0.25, -0.2) is 4.98 Å². The molecule has 0 bridgehead atoms. The molecule has 0 saturated carbocycles. The van der Waals surface area contributed by atoms with Gasteiger partial charge in [-0.2, -0.15) is 0 Å². The fraction of sp³-hybridized carbons (Fsp3) is 0.722. The van der Waals surface area contributed by atoms with Crippen molar-refractivity contribution in [3.63, 3.8) is 0 Å². The van der Waals surface area contributed by atoms with Crippen molar-refractivity contribution in [1.29, 1.82) is 0 Å². The van der Waals surface area contributed by atoms with Crippen molar-refractivity contribution >= 4 is 15.9 Å². The van der Waals surface area contributed by atoms with Crippen LogP contribution in [0.2, 0.25) is 0 Å². The van der Waals surface area contributed by atoms with Crippen molar-refractivity contribution in [2.24, 2.45) is 0 Å². The Morgan fingerprint density at radius 2 is 1.31 bits per heavy atom. The summed E-state index contributed by atoms with van der Waals surface area (Å²) in [5.41, 5.74) is 1.17. The molecule has 0 aliphatic carbocycles. The van der Waals surface area contributed by atoms with Crippen LogP contribution in [0, 0.1) is 0 Å². The first-order chi connectivity index (χ1) is 12.8. The average Bonchev–Trinajstić information content (AvgIpc) is 2.66. The predicted molar refractivity (Wildman–Crippen MR) is 102 cm³/mol. The molecule has 0 aromatic carbocycles. The van der Waals surface area contributed by atoms with Gasteiger partial charge in [0.05, 0.1) is 59.5 Å². The summed E-state index contributed by atoms with van der Waals surface area (Å²) in [5.74, 6) is 0.619. The van der Waals surface area contributed by atoms with Crippen LogP contribution >= 0.6 is 15.9 Å². The first-order valence-electron chi connectivity index (χ1n) is 8.85. The second-order valence-electron chi connectivity index (χ2n) is 5.26. The number of ether oxygens (including phenoxy) is 6. The van der Waals surface area contributed by atoms with Crippen molar-refractivity contribution in [2.45, 2.75) is 13.3 Å². The van der Waals surface area contributed by atoms with Crippen molar-refractivity contribution < 1.29 is 28.4 Å². The summed E-state index contributed by atoms with van der Waals surface area (Å²) < 4.78 is 33.0. The van der Waals surface area contributed by atoms with Crippen LogP contribution in [0.5, 0.6) is 5.88 Å². The van der Waals surface area contributed by atoms with Gasteiger partial charge in [0.15, 0.2) is 0 Å². The van der Waals surface area contributed by atoms with E-state index in [-0.39, 0.29) is 0 Å². The highest BCUT2D eigenvalue weighted by Gasteiger charge is 2.02. The fourth-order valence-electron chi connectivity index (χ4n) is 1.92. The quantitative estimate of drug-likeness (QED) is 0.348. The van der Waals surface area contributed by atoms with Crippen molar-refractivity contribution in [2.75, 3.05) is 73.2 Å². The lowest BCUT2D eigenvalue weighted by molar-refractivity contribution is -0.00987. The standard InChI is InChI=1S/C18H30BrNO6/c1-3-16-14-18(20-15-17(16)19)26-13-12-25-11-10-24-9-8-23-7-6-22-5-4-21-2/h14-15H,3-13H2,1-2H3. The van der Waals surface area contributed by atoms with E-state index >= 15 is 0 Å². The Balaban J connectivity index is 1.85. The molecule has 0 spiro atoms. The normalized spacial score (nSPS) is 11.0. The highest BCUT2D eigenvalue weighted by molar-refractivity contribution is 9.10. The highest BCUT2D eigenvalue weighted by atomic mass is 79.9. The molecule has 1 heterocycles. The lowest BCUT2D eigenvalue weighted by Gasteiger charge is -2.09. The van der Waals surface area contributed by atoms with E-state index in [2.05, 4.69) is 27.8 Å². The van der Waals surface area contributed by atoms with Crippen LogP contribution in [0.25, 0.3) is 0 Å². The molecule has 0 aliphatic heterocycles. The number of hydrogen-bond acceptors (Lipinski definition) is 7. The van der Waals surface area contributed by atoms with Gasteiger partial charge in [0, 0.05) is 23.8 Å². The Morgan fingerprint density at radius 3 is 1.81 bits per heavy atom. The Kier molecular flexibility index (Phi) is 14.7. The topological polar surface area (TPSA) is 68.3 Å². The van der Waals surface area contributed by atoms with Gasteiger partial charge in [-0.05, 0) is 27.9 Å². The smallest absolute Gasteiger partial charge is 0.213 e. The van der Waals surface area contributed by atoms with Gasteiger partial charge in [0.1, 0.15) is 6.61 Å². The molecule has 0 N–H and O–H groups in total. The lowest BCUT2D eigenvalue weighted by atomic mass is 10.2. The number of hydrogen-bond donors (Lipinski definition) is 0. The Hall–Kier alpha value is -0.770. The maximum atomic E-state index is 5.57. The molecule has 0 unspecified atom stereocenters. The number of nitrogens with zero attached hydrogens (tertiary/aromatic N) is 1. The summed E-state index contributed by atoms with van der Waals surface area (Å²) in [4.78, 5) is 4.21. The van der Waals surface area contributed by atoms with E-state index in [9.17, 15) is 0 Å². The predicted octanol–water partition coefficient (Wildman–Crippen LogP) is 2.50. The van der Waals surface area contributed by atoms with Gasteiger partial charge in [-0.3, -0.25) is 0 Å². The van der Waals surface area contributed by atoms with Crippen molar-refractivity contribution in [1.82, 2.24) is 4.98 Å². The number of rotatable bonds is 17. The molecule has 0 radical (unpaired) electrons. The summed E-state index contributed by atoms with van der Waals surface area (Å²) in [6.07, 6.45) is 2.69. The van der Waals surface area contributed by atoms with Crippen LogP contribution in [-0.4, -0.2) is 78.2 Å². The van der Waals surface area contributed by atoms with Gasteiger partial charge in [-0.1, -0.05) is 6.92 Å². The fourth-order valence-corrected chi connectivity index (χ4v) is 2.41. The first kappa shape index (κ1) is 23.3. The van der Waals surface area contributed by atoms with E-state index in [1.165, 1.54) is 5.56 Å². The molecular weight excluding hydrogens is 406 g/mol. The summed E-state index contributed by atoms with van der Waals surface area (Å²) in [6.45, 7) is 7.53. The van der Waals surface area contributed by atoms with E-state index in [0.717, 1.165) is 10.9 Å². The molecule has 150 valence electrons. The maximum Gasteiger partial charge on any atom is 0.213 e. The minimum Gasteiger partial charge on any atom is -0.475 e. The second kappa shape index (κ2) is 16.4. The largest absolute Gasteiger partial charge is 0.475 e. The third-order valence-corrected chi connectivity index (χ3v) is 4.03. The minimum absolute atomic E-state index is 0.462. The Labute approximate surface area is 164 Å². The number of methoxy groups -OCH3 is 1. The van der Waals surface area contributed by atoms with Crippen molar-refractivity contribution in [3.05, 3.63) is 22.3 Å². The molecule has 26 heavy (non-hydrogen) atoms. The Morgan fingerprint density at radius 1 is 0.808 bits per heavy atom.